The number of hydrogen-bond donors (Lipinski definition) is 0. The Morgan fingerprint density at radius 3 is 1.40 bits per heavy atom. The van der Waals surface area contributed by atoms with Crippen LogP contribution in [0.25, 0.3) is 0 Å². The number of likely N-dealkylation sites (tertiary alicyclic amines) is 1. The first kappa shape index (κ1) is 41.4. The maximum absolute atomic E-state index is 13.4. The molecule has 5 heteroatoms. The average molecular weight is 739 g/mol. The molecule has 3 amide bonds. The zero-order valence-electron chi connectivity index (χ0n) is 34.8. The molecule has 0 aliphatic carbocycles. The minimum atomic E-state index is -0.316. The van der Waals surface area contributed by atoms with Gasteiger partial charge in [0.2, 0.25) is 17.7 Å². The molecule has 5 nitrogen and oxygen atoms in total. The second-order valence-corrected chi connectivity index (χ2v) is 17.7. The summed E-state index contributed by atoms with van der Waals surface area (Å²) in [5.41, 5.74) is 7.99. The number of hydrogen-bond acceptors (Lipinski definition) is 3. The third-order valence-electron chi connectivity index (χ3n) is 12.0. The number of benzene rings is 4. The molecule has 55 heavy (non-hydrogen) atoms. The van der Waals surface area contributed by atoms with E-state index < -0.39 is 0 Å². The Morgan fingerprint density at radius 2 is 0.982 bits per heavy atom. The third-order valence-corrected chi connectivity index (χ3v) is 12.0. The van der Waals surface area contributed by atoms with E-state index in [0.717, 1.165) is 29.7 Å². The molecule has 0 bridgehead atoms. The summed E-state index contributed by atoms with van der Waals surface area (Å²) in [7, 11) is 0. The van der Waals surface area contributed by atoms with Gasteiger partial charge in [-0.25, -0.2) is 0 Å². The van der Waals surface area contributed by atoms with Crippen molar-refractivity contribution in [1.29, 1.82) is 0 Å². The van der Waals surface area contributed by atoms with E-state index in [1.807, 2.05) is 60.4 Å². The van der Waals surface area contributed by atoms with Gasteiger partial charge in [0.15, 0.2) is 0 Å². The molecule has 2 aliphatic heterocycles. The number of para-hydroxylation sites is 1. The van der Waals surface area contributed by atoms with Crippen LogP contribution in [0.15, 0.2) is 121 Å². The summed E-state index contributed by atoms with van der Waals surface area (Å²) < 4.78 is 0. The predicted octanol–water partition coefficient (Wildman–Crippen LogP) is 11.6. The Balaban J connectivity index is 0.000000211. The fraction of sp³-hybridized carbons (Fsp3) is 0.420. The molecule has 0 N–H and O–H groups in total. The van der Waals surface area contributed by atoms with Gasteiger partial charge in [0.25, 0.3) is 0 Å². The van der Waals surface area contributed by atoms with Gasteiger partial charge in [-0.2, -0.15) is 0 Å². The molecule has 2 fully saturated rings. The number of carbonyl (C=O) groups excluding carboxylic acids is 3. The van der Waals surface area contributed by atoms with Crippen LogP contribution in [-0.2, 0) is 31.8 Å². The normalized spacial score (nSPS) is 21.4. The molecule has 0 spiro atoms. The lowest BCUT2D eigenvalue weighted by Crippen LogP contribution is -2.31. The zero-order chi connectivity index (χ0) is 40.2. The maximum Gasteiger partial charge on any atom is 0.238 e. The van der Waals surface area contributed by atoms with Crippen molar-refractivity contribution >= 4 is 23.4 Å². The highest BCUT2D eigenvalue weighted by Gasteiger charge is 2.49. The van der Waals surface area contributed by atoms with Gasteiger partial charge in [0.05, 0.1) is 24.1 Å². The molecule has 0 aromatic heterocycles. The highest BCUT2D eigenvalue weighted by molar-refractivity contribution is 6.22. The summed E-state index contributed by atoms with van der Waals surface area (Å²) in [4.78, 5) is 42.8. The van der Waals surface area contributed by atoms with Gasteiger partial charge in [-0.1, -0.05) is 173 Å². The van der Waals surface area contributed by atoms with Crippen molar-refractivity contribution in [3.8, 4) is 0 Å². The van der Waals surface area contributed by atoms with Gasteiger partial charge in [0.1, 0.15) is 0 Å². The SMILES string of the molecule is C=C1C(C)C(C(CC)c2ccc(C(C)(C)C)cc2)C(=O)N1Cc1ccccc1.CCC(c1ccc(C(C)(C)C)cc1)C1C(=O)N(c2ccccc2)C(=O)C1C. The van der Waals surface area contributed by atoms with Crippen LogP contribution in [0.1, 0.15) is 122 Å². The van der Waals surface area contributed by atoms with Crippen LogP contribution in [0.2, 0.25) is 0 Å². The highest BCUT2D eigenvalue weighted by atomic mass is 16.2. The Kier molecular flexibility index (Phi) is 12.7. The molecule has 6 unspecified atom stereocenters. The Bertz CT molecular complexity index is 1930. The van der Waals surface area contributed by atoms with Crippen LogP contribution in [-0.4, -0.2) is 22.6 Å². The second kappa shape index (κ2) is 16.9. The van der Waals surface area contributed by atoms with Crippen molar-refractivity contribution in [2.24, 2.45) is 23.7 Å². The highest BCUT2D eigenvalue weighted by Crippen LogP contribution is 2.45. The first-order chi connectivity index (χ1) is 26.0. The molecule has 2 aliphatic rings. The Morgan fingerprint density at radius 1 is 0.564 bits per heavy atom. The number of imide groups is 1. The molecule has 6 rings (SSSR count). The van der Waals surface area contributed by atoms with Crippen molar-refractivity contribution in [2.75, 3.05) is 4.90 Å². The smallest absolute Gasteiger partial charge is 0.238 e. The summed E-state index contributed by atoms with van der Waals surface area (Å²) >= 11 is 0. The van der Waals surface area contributed by atoms with Gasteiger partial charge in [0, 0.05) is 17.5 Å². The summed E-state index contributed by atoms with van der Waals surface area (Å²) in [6.45, 7) is 26.5. The number of anilines is 1. The van der Waals surface area contributed by atoms with E-state index in [1.54, 1.807) is 0 Å². The van der Waals surface area contributed by atoms with Crippen LogP contribution in [0.3, 0.4) is 0 Å². The second-order valence-electron chi connectivity index (χ2n) is 17.7. The van der Waals surface area contributed by atoms with Crippen LogP contribution in [0.4, 0.5) is 5.69 Å². The lowest BCUT2D eigenvalue weighted by atomic mass is 9.77. The van der Waals surface area contributed by atoms with Crippen molar-refractivity contribution in [3.63, 3.8) is 0 Å². The number of amides is 3. The lowest BCUT2D eigenvalue weighted by molar-refractivity contribution is -0.131. The minimum absolute atomic E-state index is 0.0401. The van der Waals surface area contributed by atoms with E-state index in [1.165, 1.54) is 21.6 Å². The van der Waals surface area contributed by atoms with Crippen molar-refractivity contribution in [1.82, 2.24) is 4.90 Å². The molecule has 0 saturated carbocycles. The van der Waals surface area contributed by atoms with E-state index in [4.69, 9.17) is 0 Å². The summed E-state index contributed by atoms with van der Waals surface area (Å²) in [6, 6.07) is 36.9. The quantitative estimate of drug-likeness (QED) is 0.161. The Hall–Kier alpha value is -4.77. The van der Waals surface area contributed by atoms with E-state index in [9.17, 15) is 14.4 Å². The van der Waals surface area contributed by atoms with Gasteiger partial charge < -0.3 is 4.90 Å². The van der Waals surface area contributed by atoms with Gasteiger partial charge >= 0.3 is 0 Å². The molecule has 6 atom stereocenters. The maximum atomic E-state index is 13.4. The molecule has 2 heterocycles. The summed E-state index contributed by atoms with van der Waals surface area (Å²) in [6.07, 6.45) is 1.77. The van der Waals surface area contributed by atoms with E-state index >= 15 is 0 Å². The number of rotatable bonds is 9. The van der Waals surface area contributed by atoms with Crippen LogP contribution in [0.5, 0.6) is 0 Å². The number of allylic oxidation sites excluding steroid dienone is 1. The van der Waals surface area contributed by atoms with Crippen LogP contribution in [0, 0.1) is 23.7 Å². The number of nitrogens with zero attached hydrogens (tertiary/aromatic N) is 2. The van der Waals surface area contributed by atoms with Crippen molar-refractivity contribution in [2.45, 2.75) is 111 Å². The minimum Gasteiger partial charge on any atom is -0.312 e. The summed E-state index contributed by atoms with van der Waals surface area (Å²) in [5, 5.41) is 0. The van der Waals surface area contributed by atoms with Crippen molar-refractivity contribution < 1.29 is 14.4 Å². The first-order valence-corrected chi connectivity index (χ1v) is 20.2. The van der Waals surface area contributed by atoms with E-state index in [-0.39, 0.29) is 64.1 Å². The molecule has 4 aromatic carbocycles. The third kappa shape index (κ3) is 8.88. The largest absolute Gasteiger partial charge is 0.312 e. The zero-order valence-corrected chi connectivity index (χ0v) is 34.8. The lowest BCUT2D eigenvalue weighted by Gasteiger charge is -2.26. The average Bonchev–Trinajstić information content (AvgIpc) is 3.51. The van der Waals surface area contributed by atoms with Gasteiger partial charge in [-0.3, -0.25) is 19.3 Å². The fourth-order valence-corrected chi connectivity index (χ4v) is 8.49. The van der Waals surface area contributed by atoms with Crippen LogP contribution >= 0.6 is 0 Å². The van der Waals surface area contributed by atoms with Gasteiger partial charge in [-0.05, 0) is 75.5 Å². The fourth-order valence-electron chi connectivity index (χ4n) is 8.49. The molecule has 0 radical (unpaired) electrons. The Labute approximate surface area is 330 Å². The molecular formula is C50H62N2O3. The van der Waals surface area contributed by atoms with Crippen molar-refractivity contribution in [3.05, 3.63) is 149 Å². The molecular weight excluding hydrogens is 677 g/mol. The topological polar surface area (TPSA) is 57.7 Å². The molecule has 4 aromatic rings. The first-order valence-electron chi connectivity index (χ1n) is 20.2. The van der Waals surface area contributed by atoms with Crippen LogP contribution < -0.4 is 4.90 Å². The standard InChI is InChI=1S/C26H33NO.C24H29NO2/c1-7-23(21-13-15-22(16-14-21)26(4,5)6)24-18(2)19(3)27(25(24)28)17-20-11-9-8-10-12-20;1-6-20(17-12-14-18(15-13-17)24(3,4)5)21-16(2)22(26)25(23(21)27)19-10-8-7-9-11-19/h8-16,18,23-24H,3,7,17H2,1-2,4-6H3;7-16,20-21H,6H2,1-5H3. The molecule has 290 valence electrons. The number of carbonyl (C=O) groups is 3. The van der Waals surface area contributed by atoms with Gasteiger partial charge in [-0.15, -0.1) is 0 Å². The molecule has 2 saturated heterocycles. The monoisotopic (exact) mass is 738 g/mol. The predicted molar refractivity (Wildman–Crippen MR) is 227 cm³/mol. The van der Waals surface area contributed by atoms with E-state index in [2.05, 4.69) is 130 Å². The summed E-state index contributed by atoms with van der Waals surface area (Å²) in [5.74, 6) is -0.217. The van der Waals surface area contributed by atoms with E-state index in [0.29, 0.717) is 12.2 Å².